The predicted octanol–water partition coefficient (Wildman–Crippen LogP) is 3.05. The Labute approximate surface area is 104 Å². The molecule has 88 valence electrons. The standard InChI is InChI=1S/C12H15BrO3/c1-12(2)6-10(14)8-4-7(15-3)5-9(13)11(8)16-12/h4-5,10,14H,6H2,1-3H3. The minimum absolute atomic E-state index is 0.344. The van der Waals surface area contributed by atoms with E-state index in [9.17, 15) is 5.11 Å². The number of halogens is 1. The Balaban J connectivity index is 2.52. The van der Waals surface area contributed by atoms with Crippen LogP contribution in [0.5, 0.6) is 11.5 Å². The molecule has 0 radical (unpaired) electrons. The third kappa shape index (κ3) is 2.04. The molecule has 16 heavy (non-hydrogen) atoms. The lowest BCUT2D eigenvalue weighted by atomic mass is 9.92. The van der Waals surface area contributed by atoms with Crippen LogP contribution < -0.4 is 9.47 Å². The average Bonchev–Trinajstić information content (AvgIpc) is 2.18. The first-order valence-electron chi connectivity index (χ1n) is 5.17. The van der Waals surface area contributed by atoms with Crippen LogP contribution >= 0.6 is 15.9 Å². The zero-order valence-electron chi connectivity index (χ0n) is 9.58. The second-order valence-corrected chi connectivity index (χ2v) is 5.46. The molecule has 1 aromatic carbocycles. The second kappa shape index (κ2) is 3.93. The van der Waals surface area contributed by atoms with Crippen molar-refractivity contribution in [2.24, 2.45) is 0 Å². The monoisotopic (exact) mass is 286 g/mol. The molecule has 2 rings (SSSR count). The van der Waals surface area contributed by atoms with Crippen LogP contribution in [0.4, 0.5) is 0 Å². The maximum absolute atomic E-state index is 10.1. The Bertz CT molecular complexity index is 415. The molecule has 1 aromatic rings. The van der Waals surface area contributed by atoms with Crippen molar-refractivity contribution in [2.75, 3.05) is 7.11 Å². The minimum Gasteiger partial charge on any atom is -0.497 e. The lowest BCUT2D eigenvalue weighted by Gasteiger charge is -2.36. The number of rotatable bonds is 1. The van der Waals surface area contributed by atoms with Gasteiger partial charge in [-0.15, -0.1) is 0 Å². The lowest BCUT2D eigenvalue weighted by molar-refractivity contribution is 0.0106. The van der Waals surface area contributed by atoms with Gasteiger partial charge in [-0.3, -0.25) is 0 Å². The smallest absolute Gasteiger partial charge is 0.140 e. The van der Waals surface area contributed by atoms with Gasteiger partial charge in [-0.25, -0.2) is 0 Å². The Morgan fingerprint density at radius 1 is 1.50 bits per heavy atom. The van der Waals surface area contributed by atoms with E-state index in [1.165, 1.54) is 0 Å². The number of ether oxygens (including phenoxy) is 2. The van der Waals surface area contributed by atoms with Crippen LogP contribution in [0.1, 0.15) is 31.9 Å². The van der Waals surface area contributed by atoms with Gasteiger partial charge in [0.15, 0.2) is 0 Å². The van der Waals surface area contributed by atoms with E-state index >= 15 is 0 Å². The van der Waals surface area contributed by atoms with Gasteiger partial charge in [0, 0.05) is 12.0 Å². The van der Waals surface area contributed by atoms with Crippen LogP contribution in [0.2, 0.25) is 0 Å². The largest absolute Gasteiger partial charge is 0.497 e. The first-order valence-corrected chi connectivity index (χ1v) is 5.97. The fourth-order valence-electron chi connectivity index (χ4n) is 1.96. The van der Waals surface area contributed by atoms with Gasteiger partial charge >= 0.3 is 0 Å². The molecule has 1 aliphatic heterocycles. The molecule has 4 heteroatoms. The van der Waals surface area contributed by atoms with E-state index in [1.807, 2.05) is 26.0 Å². The van der Waals surface area contributed by atoms with Crippen LogP contribution in [0.15, 0.2) is 16.6 Å². The maximum Gasteiger partial charge on any atom is 0.140 e. The molecular weight excluding hydrogens is 272 g/mol. The van der Waals surface area contributed by atoms with Gasteiger partial charge in [-0.2, -0.15) is 0 Å². The Morgan fingerprint density at radius 2 is 2.19 bits per heavy atom. The normalized spacial score (nSPS) is 22.2. The van der Waals surface area contributed by atoms with E-state index in [2.05, 4.69) is 15.9 Å². The Morgan fingerprint density at radius 3 is 2.81 bits per heavy atom. The van der Waals surface area contributed by atoms with Gasteiger partial charge in [0.25, 0.3) is 0 Å². The topological polar surface area (TPSA) is 38.7 Å². The van der Waals surface area contributed by atoms with E-state index in [0.717, 1.165) is 10.0 Å². The number of hydrogen-bond acceptors (Lipinski definition) is 3. The van der Waals surface area contributed by atoms with Gasteiger partial charge in [0.1, 0.15) is 17.1 Å². The summed E-state index contributed by atoms with van der Waals surface area (Å²) in [5.41, 5.74) is 0.439. The maximum atomic E-state index is 10.1. The summed E-state index contributed by atoms with van der Waals surface area (Å²) in [7, 11) is 1.61. The molecule has 3 nitrogen and oxygen atoms in total. The third-order valence-corrected chi connectivity index (χ3v) is 3.29. The predicted molar refractivity (Wildman–Crippen MR) is 65.0 cm³/mol. The van der Waals surface area contributed by atoms with E-state index in [-0.39, 0.29) is 5.60 Å². The number of methoxy groups -OCH3 is 1. The molecule has 0 aliphatic carbocycles. The van der Waals surface area contributed by atoms with Crippen molar-refractivity contribution in [3.05, 3.63) is 22.2 Å². The molecule has 0 saturated heterocycles. The van der Waals surface area contributed by atoms with Crippen molar-refractivity contribution >= 4 is 15.9 Å². The van der Waals surface area contributed by atoms with Gasteiger partial charge in [0.05, 0.1) is 17.7 Å². The molecule has 0 saturated carbocycles. The molecule has 0 spiro atoms. The molecule has 0 bridgehead atoms. The van der Waals surface area contributed by atoms with Crippen LogP contribution in [0.3, 0.4) is 0 Å². The van der Waals surface area contributed by atoms with Crippen LogP contribution in [0, 0.1) is 0 Å². The van der Waals surface area contributed by atoms with Crippen molar-refractivity contribution in [3.8, 4) is 11.5 Å². The highest BCUT2D eigenvalue weighted by Crippen LogP contribution is 2.45. The summed E-state index contributed by atoms with van der Waals surface area (Å²) in [6.07, 6.45) is 0.0738. The SMILES string of the molecule is COc1cc(Br)c2c(c1)C(O)CC(C)(C)O2. The summed E-state index contributed by atoms with van der Waals surface area (Å²) in [4.78, 5) is 0. The van der Waals surface area contributed by atoms with Crippen molar-refractivity contribution < 1.29 is 14.6 Å². The zero-order chi connectivity index (χ0) is 11.9. The molecule has 1 aliphatic rings. The highest BCUT2D eigenvalue weighted by Gasteiger charge is 2.34. The molecule has 0 fully saturated rings. The van der Waals surface area contributed by atoms with E-state index < -0.39 is 6.10 Å². The molecular formula is C12H15BrO3. The molecule has 1 N–H and O–H groups in total. The molecule has 1 heterocycles. The van der Waals surface area contributed by atoms with Gasteiger partial charge in [0.2, 0.25) is 0 Å². The van der Waals surface area contributed by atoms with Gasteiger partial charge < -0.3 is 14.6 Å². The fraction of sp³-hybridized carbons (Fsp3) is 0.500. The van der Waals surface area contributed by atoms with Crippen LogP contribution in [-0.4, -0.2) is 17.8 Å². The first kappa shape index (κ1) is 11.7. The van der Waals surface area contributed by atoms with Gasteiger partial charge in [-0.05, 0) is 41.9 Å². The molecule has 0 amide bonds. The van der Waals surface area contributed by atoms with Crippen molar-refractivity contribution in [3.63, 3.8) is 0 Å². The summed E-state index contributed by atoms with van der Waals surface area (Å²) in [5, 5.41) is 10.1. The lowest BCUT2D eigenvalue weighted by Crippen LogP contribution is -2.35. The molecule has 0 aromatic heterocycles. The van der Waals surface area contributed by atoms with Crippen molar-refractivity contribution in [1.29, 1.82) is 0 Å². The van der Waals surface area contributed by atoms with Crippen LogP contribution in [-0.2, 0) is 0 Å². The molecule has 1 unspecified atom stereocenters. The van der Waals surface area contributed by atoms with Crippen molar-refractivity contribution in [1.82, 2.24) is 0 Å². The van der Waals surface area contributed by atoms with E-state index in [1.54, 1.807) is 7.11 Å². The van der Waals surface area contributed by atoms with Gasteiger partial charge in [-0.1, -0.05) is 0 Å². The number of benzene rings is 1. The van der Waals surface area contributed by atoms with Crippen molar-refractivity contribution in [2.45, 2.75) is 32.0 Å². The fourth-order valence-corrected chi connectivity index (χ4v) is 2.49. The minimum atomic E-state index is -0.509. The first-order chi connectivity index (χ1) is 7.43. The average molecular weight is 287 g/mol. The number of aliphatic hydroxyl groups is 1. The summed E-state index contributed by atoms with van der Waals surface area (Å²) >= 11 is 3.44. The highest BCUT2D eigenvalue weighted by atomic mass is 79.9. The summed E-state index contributed by atoms with van der Waals surface area (Å²) in [5.74, 6) is 1.43. The highest BCUT2D eigenvalue weighted by molar-refractivity contribution is 9.10. The Hall–Kier alpha value is -0.740. The van der Waals surface area contributed by atoms with E-state index in [4.69, 9.17) is 9.47 Å². The van der Waals surface area contributed by atoms with Crippen LogP contribution in [0.25, 0.3) is 0 Å². The Kier molecular flexibility index (Phi) is 2.88. The zero-order valence-corrected chi connectivity index (χ0v) is 11.2. The number of aliphatic hydroxyl groups excluding tert-OH is 1. The summed E-state index contributed by atoms with van der Waals surface area (Å²) in [6.45, 7) is 3.94. The summed E-state index contributed by atoms with van der Waals surface area (Å²) in [6, 6.07) is 3.66. The third-order valence-electron chi connectivity index (χ3n) is 2.70. The quantitative estimate of drug-likeness (QED) is 0.862. The molecule has 1 atom stereocenters. The summed E-state index contributed by atoms with van der Waals surface area (Å²) < 4.78 is 11.8. The second-order valence-electron chi connectivity index (χ2n) is 4.61. The van der Waals surface area contributed by atoms with E-state index in [0.29, 0.717) is 17.9 Å². The number of hydrogen-bond donors (Lipinski definition) is 1. The number of fused-ring (bicyclic) bond motifs is 1.